The highest BCUT2D eigenvalue weighted by Gasteiger charge is 2.33. The van der Waals surface area contributed by atoms with Crippen LogP contribution in [-0.2, 0) is 14.8 Å². The highest BCUT2D eigenvalue weighted by Crippen LogP contribution is 2.27. The van der Waals surface area contributed by atoms with Crippen molar-refractivity contribution in [1.29, 1.82) is 0 Å². The first-order valence-corrected chi connectivity index (χ1v) is 8.59. The van der Waals surface area contributed by atoms with Crippen molar-refractivity contribution in [2.24, 2.45) is 5.73 Å². The molecule has 1 unspecified atom stereocenters. The number of sulfonamides is 1. The first kappa shape index (κ1) is 19.8. The Morgan fingerprint density at radius 1 is 1.43 bits per heavy atom. The summed E-state index contributed by atoms with van der Waals surface area (Å²) in [6, 6.07) is 3.15. The summed E-state index contributed by atoms with van der Waals surface area (Å²) in [6.07, 6.45) is 2.43. The second-order valence-electron chi connectivity index (χ2n) is 5.32. The van der Waals surface area contributed by atoms with Gasteiger partial charge < -0.3 is 11.1 Å². The van der Waals surface area contributed by atoms with Gasteiger partial charge in [0, 0.05) is 26.1 Å². The fraction of sp³-hybridized carbons (Fsp3) is 0.500. The summed E-state index contributed by atoms with van der Waals surface area (Å²) in [5, 5.41) is 2.29. The lowest BCUT2D eigenvalue weighted by Gasteiger charge is -2.33. The minimum atomic E-state index is -3.76. The smallest absolute Gasteiger partial charge is 0.243 e. The van der Waals surface area contributed by atoms with Crippen LogP contribution >= 0.6 is 12.4 Å². The lowest BCUT2D eigenvalue weighted by molar-refractivity contribution is -0.114. The molecule has 1 aliphatic rings. The number of hydrogen-bond donors (Lipinski definition) is 2. The molecule has 1 amide bonds. The molecule has 1 atom stereocenters. The van der Waals surface area contributed by atoms with E-state index in [1.54, 1.807) is 0 Å². The molecule has 9 heteroatoms. The summed E-state index contributed by atoms with van der Waals surface area (Å²) in [5.74, 6) is -1.14. The van der Waals surface area contributed by atoms with E-state index in [1.807, 2.05) is 0 Å². The quantitative estimate of drug-likeness (QED) is 0.849. The summed E-state index contributed by atoms with van der Waals surface area (Å²) in [6.45, 7) is 1.88. The Hall–Kier alpha value is -1.22. The molecule has 3 N–H and O–H groups in total. The van der Waals surface area contributed by atoms with E-state index in [-0.39, 0.29) is 35.6 Å². The molecule has 2 rings (SSSR count). The topological polar surface area (TPSA) is 92.5 Å². The molecule has 0 radical (unpaired) electrons. The number of amides is 1. The number of piperidine rings is 1. The Labute approximate surface area is 141 Å². The van der Waals surface area contributed by atoms with E-state index in [4.69, 9.17) is 5.73 Å². The maximum absolute atomic E-state index is 13.7. The number of nitrogens with two attached hydrogens (primary N) is 1. The number of rotatable bonds is 4. The Bertz CT molecular complexity index is 669. The summed E-state index contributed by atoms with van der Waals surface area (Å²) >= 11 is 0. The maximum Gasteiger partial charge on any atom is 0.243 e. The minimum Gasteiger partial charge on any atom is -0.329 e. The Kier molecular flexibility index (Phi) is 6.94. The number of benzene rings is 1. The minimum absolute atomic E-state index is 0. The normalized spacial score (nSPS) is 19.0. The van der Waals surface area contributed by atoms with Crippen LogP contribution in [0.15, 0.2) is 23.1 Å². The molecule has 0 bridgehead atoms. The van der Waals surface area contributed by atoms with Crippen LogP contribution in [0.5, 0.6) is 0 Å². The average Bonchev–Trinajstić information content (AvgIpc) is 2.48. The average molecular weight is 366 g/mol. The molecule has 1 aliphatic heterocycles. The van der Waals surface area contributed by atoms with Crippen LogP contribution in [0.3, 0.4) is 0 Å². The number of anilines is 1. The monoisotopic (exact) mass is 365 g/mol. The molecular weight excluding hydrogens is 345 g/mol. The van der Waals surface area contributed by atoms with Crippen LogP contribution in [-0.4, -0.2) is 37.8 Å². The van der Waals surface area contributed by atoms with Crippen molar-refractivity contribution in [3.63, 3.8) is 0 Å². The van der Waals surface area contributed by atoms with Crippen molar-refractivity contribution in [3.8, 4) is 0 Å². The highest BCUT2D eigenvalue weighted by atomic mass is 35.5. The third-order valence-electron chi connectivity index (χ3n) is 3.70. The van der Waals surface area contributed by atoms with E-state index in [2.05, 4.69) is 5.32 Å². The molecule has 0 aromatic heterocycles. The number of nitrogens with one attached hydrogen (secondary N) is 1. The first-order chi connectivity index (χ1) is 10.4. The number of carbonyl (C=O) groups excluding carboxylic acids is 1. The molecule has 0 aliphatic carbocycles. The Balaban J connectivity index is 0.00000264. The zero-order valence-electron chi connectivity index (χ0n) is 12.8. The lowest BCUT2D eigenvalue weighted by atomic mass is 10.1. The summed E-state index contributed by atoms with van der Waals surface area (Å²) in [7, 11) is -3.76. The zero-order chi connectivity index (χ0) is 16.3. The molecule has 6 nitrogen and oxygen atoms in total. The summed E-state index contributed by atoms with van der Waals surface area (Å²) in [4.78, 5) is 11.0. The standard InChI is InChI=1S/C14H20FN3O3S.ClH/c1-10(19)17-14-8-12(5-6-13(14)15)22(20,21)18-7-3-2-4-11(18)9-16;/h5-6,8,11H,2-4,7,9,16H2,1H3,(H,17,19);1H. The van der Waals surface area contributed by atoms with Crippen LogP contribution in [0.25, 0.3) is 0 Å². The van der Waals surface area contributed by atoms with Crippen molar-refractivity contribution >= 4 is 34.0 Å². The molecular formula is C14H21ClFN3O3S. The van der Waals surface area contributed by atoms with Crippen molar-refractivity contribution in [2.75, 3.05) is 18.4 Å². The molecule has 0 saturated carbocycles. The molecule has 23 heavy (non-hydrogen) atoms. The van der Waals surface area contributed by atoms with Gasteiger partial charge >= 0.3 is 0 Å². The largest absolute Gasteiger partial charge is 0.329 e. The molecule has 1 saturated heterocycles. The van der Waals surface area contributed by atoms with Gasteiger partial charge in [0.15, 0.2) is 0 Å². The zero-order valence-corrected chi connectivity index (χ0v) is 14.4. The predicted octanol–water partition coefficient (Wildman–Crippen LogP) is 1.71. The van der Waals surface area contributed by atoms with Gasteiger partial charge in [0.1, 0.15) is 5.82 Å². The van der Waals surface area contributed by atoms with Gasteiger partial charge in [-0.3, -0.25) is 4.79 Å². The van der Waals surface area contributed by atoms with E-state index < -0.39 is 21.7 Å². The third kappa shape index (κ3) is 4.41. The number of carbonyl (C=O) groups is 1. The van der Waals surface area contributed by atoms with Gasteiger partial charge in [-0.25, -0.2) is 12.8 Å². The predicted molar refractivity (Wildman–Crippen MR) is 88.5 cm³/mol. The molecule has 1 heterocycles. The van der Waals surface area contributed by atoms with Crippen LogP contribution in [0.4, 0.5) is 10.1 Å². The second-order valence-corrected chi connectivity index (χ2v) is 7.21. The maximum atomic E-state index is 13.7. The van der Waals surface area contributed by atoms with Crippen molar-refractivity contribution in [2.45, 2.75) is 37.1 Å². The van der Waals surface area contributed by atoms with Crippen LogP contribution in [0, 0.1) is 5.82 Å². The van der Waals surface area contributed by atoms with E-state index in [9.17, 15) is 17.6 Å². The fourth-order valence-electron chi connectivity index (χ4n) is 2.61. The van der Waals surface area contributed by atoms with Gasteiger partial charge in [-0.15, -0.1) is 12.4 Å². The van der Waals surface area contributed by atoms with Crippen LogP contribution < -0.4 is 11.1 Å². The van der Waals surface area contributed by atoms with Gasteiger partial charge in [-0.05, 0) is 31.0 Å². The van der Waals surface area contributed by atoms with Crippen molar-refractivity contribution in [1.82, 2.24) is 4.31 Å². The van der Waals surface area contributed by atoms with Crippen molar-refractivity contribution in [3.05, 3.63) is 24.0 Å². The lowest BCUT2D eigenvalue weighted by Crippen LogP contribution is -2.47. The number of hydrogen-bond acceptors (Lipinski definition) is 4. The Morgan fingerprint density at radius 3 is 2.74 bits per heavy atom. The molecule has 1 aromatic rings. The fourth-order valence-corrected chi connectivity index (χ4v) is 4.34. The van der Waals surface area contributed by atoms with Gasteiger partial charge in [-0.2, -0.15) is 4.31 Å². The number of nitrogens with zero attached hydrogens (tertiary/aromatic N) is 1. The van der Waals surface area contributed by atoms with E-state index >= 15 is 0 Å². The van der Waals surface area contributed by atoms with Crippen LogP contribution in [0.2, 0.25) is 0 Å². The molecule has 1 fully saturated rings. The first-order valence-electron chi connectivity index (χ1n) is 7.15. The SMILES string of the molecule is CC(=O)Nc1cc(S(=O)(=O)N2CCCCC2CN)ccc1F.Cl. The van der Waals surface area contributed by atoms with E-state index in [0.717, 1.165) is 31.4 Å². The number of halogens is 2. The molecule has 0 spiro atoms. The van der Waals surface area contributed by atoms with Gasteiger partial charge in [0.05, 0.1) is 10.6 Å². The Morgan fingerprint density at radius 2 is 2.13 bits per heavy atom. The second kappa shape index (κ2) is 8.05. The van der Waals surface area contributed by atoms with E-state index in [0.29, 0.717) is 6.54 Å². The highest BCUT2D eigenvalue weighted by molar-refractivity contribution is 7.89. The summed E-state index contributed by atoms with van der Waals surface area (Å²) in [5.41, 5.74) is 5.52. The van der Waals surface area contributed by atoms with Gasteiger partial charge in [0.2, 0.25) is 15.9 Å². The molecule has 130 valence electrons. The summed E-state index contributed by atoms with van der Waals surface area (Å²) < 4.78 is 40.5. The van der Waals surface area contributed by atoms with Gasteiger partial charge in [0.25, 0.3) is 0 Å². The van der Waals surface area contributed by atoms with Crippen LogP contribution in [0.1, 0.15) is 26.2 Å². The van der Waals surface area contributed by atoms with E-state index in [1.165, 1.54) is 17.3 Å². The third-order valence-corrected chi connectivity index (χ3v) is 5.65. The molecule has 1 aromatic carbocycles. The van der Waals surface area contributed by atoms with Gasteiger partial charge in [-0.1, -0.05) is 6.42 Å². The van der Waals surface area contributed by atoms with Crippen molar-refractivity contribution < 1.29 is 17.6 Å².